The standard InChI is InChI=1S/C26H34ClN7O/c1-15-6-8-26(22(15)28)9-12-34(13-10-26)25-32-18-14-30-21(19(18)24(35)33(25)2)17-7-11-29-23(20(17)27)31-16-4-3-5-16/h7,11,15-16,22H,3-6,8-10,12-14,28H2,1-2H3,(H,29,31)/t15-,22-/m1/s1. The third kappa shape index (κ3) is 3.68. The fourth-order valence-electron chi connectivity index (χ4n) is 6.40. The Morgan fingerprint density at radius 3 is 2.63 bits per heavy atom. The van der Waals surface area contributed by atoms with E-state index in [2.05, 4.69) is 22.1 Å². The van der Waals surface area contributed by atoms with Crippen LogP contribution in [0.15, 0.2) is 22.1 Å². The van der Waals surface area contributed by atoms with Crippen LogP contribution >= 0.6 is 11.6 Å². The largest absolute Gasteiger partial charge is 0.366 e. The number of nitrogens with two attached hydrogens (primary N) is 1. The lowest BCUT2D eigenvalue weighted by atomic mass is 9.73. The summed E-state index contributed by atoms with van der Waals surface area (Å²) in [5.41, 5.74) is 9.41. The van der Waals surface area contributed by atoms with Gasteiger partial charge in [-0.15, -0.1) is 0 Å². The lowest BCUT2D eigenvalue weighted by Gasteiger charge is -2.43. The Bertz CT molecular complexity index is 1240. The topological polar surface area (TPSA) is 101 Å². The van der Waals surface area contributed by atoms with Gasteiger partial charge < -0.3 is 16.0 Å². The van der Waals surface area contributed by atoms with Crippen LogP contribution in [0.5, 0.6) is 0 Å². The Kier molecular flexibility index (Phi) is 5.64. The molecule has 0 amide bonds. The predicted molar refractivity (Wildman–Crippen MR) is 140 cm³/mol. The van der Waals surface area contributed by atoms with Gasteiger partial charge in [-0.1, -0.05) is 18.5 Å². The van der Waals surface area contributed by atoms with Crippen molar-refractivity contribution in [2.45, 2.75) is 70.5 Å². The zero-order chi connectivity index (χ0) is 24.3. The number of fused-ring (bicyclic) bond motifs is 1. The molecule has 1 spiro atoms. The Morgan fingerprint density at radius 1 is 1.20 bits per heavy atom. The van der Waals surface area contributed by atoms with Gasteiger partial charge in [-0.3, -0.25) is 14.4 Å². The molecule has 9 heteroatoms. The van der Waals surface area contributed by atoms with Crippen LogP contribution in [0.3, 0.4) is 0 Å². The first-order chi connectivity index (χ1) is 16.9. The third-order valence-corrected chi connectivity index (χ3v) is 9.40. The summed E-state index contributed by atoms with van der Waals surface area (Å²) in [5, 5.41) is 3.94. The number of halogens is 1. The molecule has 2 aliphatic heterocycles. The number of nitrogens with zero attached hydrogens (tertiary/aromatic N) is 5. The Hall–Kier alpha value is -2.45. The van der Waals surface area contributed by atoms with Crippen LogP contribution < -0.4 is 21.5 Å². The lowest BCUT2D eigenvalue weighted by Crippen LogP contribution is -2.49. The summed E-state index contributed by atoms with van der Waals surface area (Å²) in [7, 11) is 1.81. The van der Waals surface area contributed by atoms with E-state index in [1.165, 1.54) is 19.3 Å². The molecule has 2 atom stereocenters. The minimum absolute atomic E-state index is 0.0749. The zero-order valence-corrected chi connectivity index (χ0v) is 21.3. The van der Waals surface area contributed by atoms with Crippen molar-refractivity contribution in [3.63, 3.8) is 0 Å². The summed E-state index contributed by atoms with van der Waals surface area (Å²) >= 11 is 6.75. The molecule has 1 saturated heterocycles. The second-order valence-electron chi connectivity index (χ2n) is 10.9. The normalized spacial score (nSPS) is 25.5. The molecule has 3 N–H and O–H groups in total. The zero-order valence-electron chi connectivity index (χ0n) is 20.6. The Morgan fingerprint density at radius 2 is 1.97 bits per heavy atom. The second kappa shape index (κ2) is 8.59. The highest BCUT2D eigenvalue weighted by molar-refractivity contribution is 6.37. The Balaban J connectivity index is 1.27. The van der Waals surface area contributed by atoms with Gasteiger partial charge in [0.1, 0.15) is 5.82 Å². The molecule has 2 aliphatic carbocycles. The van der Waals surface area contributed by atoms with Crippen LogP contribution in [-0.2, 0) is 13.6 Å². The molecule has 186 valence electrons. The minimum Gasteiger partial charge on any atom is -0.366 e. The fourth-order valence-corrected chi connectivity index (χ4v) is 6.65. The van der Waals surface area contributed by atoms with Crippen LogP contribution in [0, 0.1) is 11.3 Å². The number of nitrogens with one attached hydrogen (secondary N) is 1. The van der Waals surface area contributed by atoms with E-state index in [1.54, 1.807) is 10.8 Å². The molecule has 4 heterocycles. The highest BCUT2D eigenvalue weighted by Crippen LogP contribution is 2.48. The average Bonchev–Trinajstić information content (AvgIpc) is 3.37. The van der Waals surface area contributed by atoms with E-state index < -0.39 is 0 Å². The molecule has 35 heavy (non-hydrogen) atoms. The first kappa shape index (κ1) is 23.0. The predicted octanol–water partition coefficient (Wildman–Crippen LogP) is 3.49. The molecule has 0 radical (unpaired) electrons. The van der Waals surface area contributed by atoms with Gasteiger partial charge >= 0.3 is 0 Å². The van der Waals surface area contributed by atoms with Crippen molar-refractivity contribution in [3.8, 4) is 0 Å². The van der Waals surface area contributed by atoms with Crippen molar-refractivity contribution in [1.29, 1.82) is 0 Å². The van der Waals surface area contributed by atoms with Gasteiger partial charge in [0.05, 0.1) is 28.5 Å². The molecule has 0 bridgehead atoms. The molecular formula is C26H34ClN7O. The molecule has 6 rings (SSSR count). The van der Waals surface area contributed by atoms with E-state index in [-0.39, 0.29) is 17.0 Å². The summed E-state index contributed by atoms with van der Waals surface area (Å²) in [6.45, 7) is 4.41. The second-order valence-corrected chi connectivity index (χ2v) is 11.3. The number of hydrogen-bond donors (Lipinski definition) is 2. The maximum absolute atomic E-state index is 13.6. The van der Waals surface area contributed by atoms with E-state index in [0.29, 0.717) is 40.6 Å². The summed E-state index contributed by atoms with van der Waals surface area (Å²) in [5.74, 6) is 1.98. The smallest absolute Gasteiger partial charge is 0.264 e. The number of piperidine rings is 1. The van der Waals surface area contributed by atoms with E-state index >= 15 is 0 Å². The summed E-state index contributed by atoms with van der Waals surface area (Å²) in [6.07, 6.45) is 9.74. The van der Waals surface area contributed by atoms with Gasteiger partial charge in [-0.25, -0.2) is 9.97 Å². The Labute approximate surface area is 211 Å². The maximum Gasteiger partial charge on any atom is 0.264 e. The monoisotopic (exact) mass is 495 g/mol. The summed E-state index contributed by atoms with van der Waals surface area (Å²) in [4.78, 5) is 30.0. The molecule has 3 fully saturated rings. The number of aromatic nitrogens is 3. The van der Waals surface area contributed by atoms with Crippen LogP contribution in [0.25, 0.3) is 0 Å². The quantitative estimate of drug-likeness (QED) is 0.673. The highest BCUT2D eigenvalue weighted by atomic mass is 35.5. The fraction of sp³-hybridized carbons (Fsp3) is 0.615. The minimum atomic E-state index is -0.0749. The first-order valence-corrected chi connectivity index (χ1v) is 13.3. The van der Waals surface area contributed by atoms with Gasteiger partial charge in [0.25, 0.3) is 5.56 Å². The lowest BCUT2D eigenvalue weighted by molar-refractivity contribution is 0.185. The van der Waals surface area contributed by atoms with Crippen molar-refractivity contribution >= 4 is 29.1 Å². The number of pyridine rings is 1. The van der Waals surface area contributed by atoms with Gasteiger partial charge in [0, 0.05) is 44.0 Å². The van der Waals surface area contributed by atoms with E-state index in [4.69, 9.17) is 27.3 Å². The van der Waals surface area contributed by atoms with Crippen LogP contribution in [-0.4, -0.2) is 45.4 Å². The maximum atomic E-state index is 13.6. The van der Waals surface area contributed by atoms with Crippen molar-refractivity contribution in [3.05, 3.63) is 44.5 Å². The number of hydrogen-bond acceptors (Lipinski definition) is 7. The van der Waals surface area contributed by atoms with E-state index in [9.17, 15) is 4.79 Å². The molecule has 0 aromatic carbocycles. The van der Waals surface area contributed by atoms with Gasteiger partial charge in [0.15, 0.2) is 0 Å². The summed E-state index contributed by atoms with van der Waals surface area (Å²) in [6, 6.07) is 2.52. The summed E-state index contributed by atoms with van der Waals surface area (Å²) < 4.78 is 1.68. The van der Waals surface area contributed by atoms with Crippen molar-refractivity contribution in [1.82, 2.24) is 14.5 Å². The number of aliphatic imine (C=N–C) groups is 1. The van der Waals surface area contributed by atoms with Gasteiger partial charge in [-0.05, 0) is 62.3 Å². The van der Waals surface area contributed by atoms with Gasteiger partial charge in [0.2, 0.25) is 5.95 Å². The number of anilines is 2. The average molecular weight is 496 g/mol. The van der Waals surface area contributed by atoms with Crippen molar-refractivity contribution in [2.75, 3.05) is 23.3 Å². The molecular weight excluding hydrogens is 462 g/mol. The molecule has 0 unspecified atom stereocenters. The molecule has 8 nitrogen and oxygen atoms in total. The molecule has 4 aliphatic rings. The van der Waals surface area contributed by atoms with Crippen LogP contribution in [0.4, 0.5) is 11.8 Å². The van der Waals surface area contributed by atoms with Crippen molar-refractivity contribution in [2.24, 2.45) is 29.1 Å². The van der Waals surface area contributed by atoms with E-state index in [1.807, 2.05) is 13.1 Å². The first-order valence-electron chi connectivity index (χ1n) is 12.9. The highest BCUT2D eigenvalue weighted by Gasteiger charge is 2.46. The van der Waals surface area contributed by atoms with Crippen molar-refractivity contribution < 1.29 is 0 Å². The van der Waals surface area contributed by atoms with Crippen LogP contribution in [0.1, 0.15) is 68.7 Å². The van der Waals surface area contributed by atoms with Gasteiger partial charge in [-0.2, -0.15) is 0 Å². The molecule has 2 aromatic heterocycles. The number of rotatable bonds is 4. The SMILES string of the molecule is C[C@@H]1CCC2(CCN(c3nc4c(c(=O)n3C)C(c3ccnc(NC5CCC5)c3Cl)=NC4)CC2)[C@@H]1N. The molecule has 2 saturated carbocycles. The van der Waals surface area contributed by atoms with Crippen LogP contribution in [0.2, 0.25) is 5.02 Å². The van der Waals surface area contributed by atoms with E-state index in [0.717, 1.165) is 56.0 Å². The third-order valence-electron chi connectivity index (χ3n) is 9.02. The molecule has 2 aromatic rings.